The van der Waals surface area contributed by atoms with Crippen LogP contribution < -0.4 is 0 Å². The van der Waals surface area contributed by atoms with Gasteiger partial charge >= 0.3 is 0 Å². The van der Waals surface area contributed by atoms with Crippen LogP contribution in [-0.2, 0) is 11.3 Å². The molecule has 3 nitrogen and oxygen atoms in total. The highest BCUT2D eigenvalue weighted by atomic mass is 35.5. The van der Waals surface area contributed by atoms with Crippen LogP contribution in [0.2, 0.25) is 5.02 Å². The van der Waals surface area contributed by atoms with Gasteiger partial charge in [-0.15, -0.1) is 11.6 Å². The van der Waals surface area contributed by atoms with E-state index in [1.807, 2.05) is 25.1 Å². The summed E-state index contributed by atoms with van der Waals surface area (Å²) in [6.07, 6.45) is 2.17. The van der Waals surface area contributed by atoms with E-state index in [-0.39, 0.29) is 11.0 Å². The zero-order valence-electron chi connectivity index (χ0n) is 11.7. The molecule has 2 heterocycles. The molecule has 1 aromatic heterocycles. The number of benzene rings is 1. The number of para-hydroxylation sites is 1. The number of aromatic nitrogens is 2. The second kappa shape index (κ2) is 5.21. The first-order valence-electron chi connectivity index (χ1n) is 6.93. The second-order valence-electron chi connectivity index (χ2n) is 5.68. The fourth-order valence-corrected chi connectivity index (χ4v) is 3.28. The van der Waals surface area contributed by atoms with Crippen LogP contribution in [-0.4, -0.2) is 21.8 Å². The number of fused-ring (bicyclic) bond motifs is 1. The summed E-state index contributed by atoms with van der Waals surface area (Å²) in [6.45, 7) is 5.68. The third kappa shape index (κ3) is 2.43. The van der Waals surface area contributed by atoms with Crippen molar-refractivity contribution in [1.29, 1.82) is 0 Å². The summed E-state index contributed by atoms with van der Waals surface area (Å²) < 4.78 is 8.06. The third-order valence-electron chi connectivity index (χ3n) is 3.91. The molecule has 0 saturated carbocycles. The first kappa shape index (κ1) is 14.2. The molecule has 0 N–H and O–H groups in total. The Bertz CT molecular complexity index is 630. The van der Waals surface area contributed by atoms with Gasteiger partial charge in [-0.2, -0.15) is 0 Å². The van der Waals surface area contributed by atoms with E-state index in [0.29, 0.717) is 5.02 Å². The van der Waals surface area contributed by atoms with Crippen molar-refractivity contribution in [3.63, 3.8) is 0 Å². The van der Waals surface area contributed by atoms with E-state index >= 15 is 0 Å². The lowest BCUT2D eigenvalue weighted by Gasteiger charge is -2.25. The average molecular weight is 313 g/mol. The van der Waals surface area contributed by atoms with Crippen LogP contribution in [0.5, 0.6) is 0 Å². The monoisotopic (exact) mass is 312 g/mol. The molecule has 0 radical (unpaired) electrons. The lowest BCUT2D eigenvalue weighted by atomic mass is 10.0. The summed E-state index contributed by atoms with van der Waals surface area (Å²) in [7, 11) is 0. The van der Waals surface area contributed by atoms with E-state index in [9.17, 15) is 0 Å². The van der Waals surface area contributed by atoms with Gasteiger partial charge in [-0.25, -0.2) is 4.98 Å². The fourth-order valence-electron chi connectivity index (χ4n) is 2.90. The summed E-state index contributed by atoms with van der Waals surface area (Å²) >= 11 is 12.5. The van der Waals surface area contributed by atoms with Gasteiger partial charge in [-0.05, 0) is 38.8 Å². The van der Waals surface area contributed by atoms with Gasteiger partial charge in [0.1, 0.15) is 11.3 Å². The predicted octanol–water partition coefficient (Wildman–Crippen LogP) is 4.56. The molecule has 0 spiro atoms. The molecule has 2 unspecified atom stereocenters. The van der Waals surface area contributed by atoms with Crippen molar-refractivity contribution in [3.8, 4) is 0 Å². The van der Waals surface area contributed by atoms with E-state index in [4.69, 9.17) is 27.9 Å². The topological polar surface area (TPSA) is 27.1 Å². The van der Waals surface area contributed by atoms with Crippen molar-refractivity contribution in [2.24, 2.45) is 0 Å². The maximum absolute atomic E-state index is 6.30. The van der Waals surface area contributed by atoms with Gasteiger partial charge in [0.2, 0.25) is 0 Å². The number of imidazole rings is 1. The number of halogens is 2. The molecule has 0 amide bonds. The second-order valence-corrected chi connectivity index (χ2v) is 6.74. The molecule has 1 aliphatic heterocycles. The zero-order valence-corrected chi connectivity index (χ0v) is 13.2. The molecule has 1 aromatic carbocycles. The van der Waals surface area contributed by atoms with E-state index in [1.165, 1.54) is 0 Å². The minimum absolute atomic E-state index is 0.142. The largest absolute Gasteiger partial charge is 0.373 e. The number of ether oxygens (including phenoxy) is 1. The predicted molar refractivity (Wildman–Crippen MR) is 82.6 cm³/mol. The molecule has 3 rings (SSSR count). The first-order chi connectivity index (χ1) is 9.50. The molecular weight excluding hydrogens is 295 g/mol. The molecule has 1 saturated heterocycles. The maximum atomic E-state index is 6.30. The Hall–Kier alpha value is -0.770. The molecular formula is C15H18Cl2N2O. The molecule has 2 aromatic rings. The highest BCUT2D eigenvalue weighted by Crippen LogP contribution is 2.33. The van der Waals surface area contributed by atoms with Gasteiger partial charge in [-0.1, -0.05) is 17.7 Å². The minimum atomic E-state index is -0.163. The Balaban J connectivity index is 2.12. The Morgan fingerprint density at radius 3 is 2.95 bits per heavy atom. The summed E-state index contributed by atoms with van der Waals surface area (Å²) in [4.78, 5) is 4.63. The number of alkyl halides is 1. The molecule has 1 fully saturated rings. The van der Waals surface area contributed by atoms with Crippen LogP contribution in [0.4, 0.5) is 0 Å². The van der Waals surface area contributed by atoms with E-state index in [0.717, 1.165) is 42.9 Å². The van der Waals surface area contributed by atoms with Gasteiger partial charge in [0.25, 0.3) is 0 Å². The van der Waals surface area contributed by atoms with E-state index in [2.05, 4.69) is 16.5 Å². The molecule has 0 aliphatic carbocycles. The lowest BCUT2D eigenvalue weighted by Crippen LogP contribution is -2.30. The van der Waals surface area contributed by atoms with Gasteiger partial charge < -0.3 is 9.30 Å². The first-order valence-corrected chi connectivity index (χ1v) is 7.74. The highest BCUT2D eigenvalue weighted by Gasteiger charge is 2.32. The summed E-state index contributed by atoms with van der Waals surface area (Å²) in [5, 5.41) is 0.501. The highest BCUT2D eigenvalue weighted by molar-refractivity contribution is 6.35. The van der Waals surface area contributed by atoms with Gasteiger partial charge in [-0.3, -0.25) is 0 Å². The number of rotatable bonds is 3. The van der Waals surface area contributed by atoms with Crippen molar-refractivity contribution < 1.29 is 4.74 Å². The van der Waals surface area contributed by atoms with Crippen molar-refractivity contribution >= 4 is 34.2 Å². The smallest absolute Gasteiger partial charge is 0.127 e. The van der Waals surface area contributed by atoms with E-state index in [1.54, 1.807) is 0 Å². The SMILES string of the molecule is CC(Cl)c1nc2c(Cl)cccc2n1CC1(C)CCCO1. The summed E-state index contributed by atoms with van der Waals surface area (Å²) in [6, 6.07) is 5.84. The number of hydrogen-bond donors (Lipinski definition) is 0. The average Bonchev–Trinajstić information content (AvgIpc) is 2.96. The summed E-state index contributed by atoms with van der Waals surface area (Å²) in [5.74, 6) is 0.853. The van der Waals surface area contributed by atoms with E-state index < -0.39 is 0 Å². The van der Waals surface area contributed by atoms with Crippen LogP contribution in [0, 0.1) is 0 Å². The molecule has 2 atom stereocenters. The Kier molecular flexibility index (Phi) is 3.69. The Morgan fingerprint density at radius 1 is 1.50 bits per heavy atom. The quantitative estimate of drug-likeness (QED) is 0.777. The van der Waals surface area contributed by atoms with Crippen LogP contribution in [0.3, 0.4) is 0 Å². The normalized spacial score (nSPS) is 24.4. The van der Waals surface area contributed by atoms with Crippen LogP contribution in [0.25, 0.3) is 11.0 Å². The fraction of sp³-hybridized carbons (Fsp3) is 0.533. The summed E-state index contributed by atoms with van der Waals surface area (Å²) in [5.41, 5.74) is 1.70. The number of hydrogen-bond acceptors (Lipinski definition) is 2. The third-order valence-corrected chi connectivity index (χ3v) is 4.41. The Morgan fingerprint density at radius 2 is 2.30 bits per heavy atom. The van der Waals surface area contributed by atoms with Crippen molar-refractivity contribution in [2.75, 3.05) is 6.61 Å². The van der Waals surface area contributed by atoms with Crippen molar-refractivity contribution in [3.05, 3.63) is 29.0 Å². The van der Waals surface area contributed by atoms with Crippen LogP contribution in [0.1, 0.15) is 37.9 Å². The van der Waals surface area contributed by atoms with Gasteiger partial charge in [0, 0.05) is 6.61 Å². The maximum Gasteiger partial charge on any atom is 0.127 e. The Labute approximate surface area is 128 Å². The molecule has 1 aliphatic rings. The van der Waals surface area contributed by atoms with Gasteiger partial charge in [0.15, 0.2) is 0 Å². The van der Waals surface area contributed by atoms with Crippen LogP contribution >= 0.6 is 23.2 Å². The zero-order chi connectivity index (χ0) is 14.3. The minimum Gasteiger partial charge on any atom is -0.373 e. The molecule has 108 valence electrons. The lowest BCUT2D eigenvalue weighted by molar-refractivity contribution is 0.00649. The standard InChI is InChI=1S/C15H18Cl2N2O/c1-10(16)14-18-13-11(17)5-3-6-12(13)19(14)9-15(2)7-4-8-20-15/h3,5-6,10H,4,7-9H2,1-2H3. The van der Waals surface area contributed by atoms with Crippen LogP contribution in [0.15, 0.2) is 18.2 Å². The molecule has 20 heavy (non-hydrogen) atoms. The van der Waals surface area contributed by atoms with Gasteiger partial charge in [0.05, 0.1) is 28.1 Å². The molecule has 5 heteroatoms. The van der Waals surface area contributed by atoms with Crippen molar-refractivity contribution in [2.45, 2.75) is 44.2 Å². The number of nitrogens with zero attached hydrogens (tertiary/aromatic N) is 2. The molecule has 0 bridgehead atoms. The van der Waals surface area contributed by atoms with Crippen molar-refractivity contribution in [1.82, 2.24) is 9.55 Å².